The van der Waals surface area contributed by atoms with Crippen LogP contribution in [-0.2, 0) is 4.79 Å². The molecule has 1 saturated heterocycles. The van der Waals surface area contributed by atoms with E-state index >= 15 is 0 Å². The summed E-state index contributed by atoms with van der Waals surface area (Å²) in [4.78, 5) is 26.2. The van der Waals surface area contributed by atoms with Gasteiger partial charge >= 0.3 is 6.03 Å². The average Bonchev–Trinajstić information content (AvgIpc) is 2.88. The first kappa shape index (κ1) is 16.3. The zero-order valence-electron chi connectivity index (χ0n) is 13.1. The first-order valence-electron chi connectivity index (χ1n) is 7.64. The van der Waals surface area contributed by atoms with Crippen LogP contribution >= 0.6 is 0 Å². The van der Waals surface area contributed by atoms with Crippen LogP contribution in [-0.4, -0.2) is 42.0 Å². The zero-order valence-corrected chi connectivity index (χ0v) is 13.1. The van der Waals surface area contributed by atoms with Gasteiger partial charge in [-0.15, -0.1) is 0 Å². The van der Waals surface area contributed by atoms with Crippen molar-refractivity contribution in [1.29, 1.82) is 0 Å². The number of nitrogens with zero attached hydrogens (tertiary/aromatic N) is 1. The maximum absolute atomic E-state index is 12.4. The minimum absolute atomic E-state index is 0.0633. The molecule has 1 heterocycles. The molecule has 1 fully saturated rings. The molecule has 0 radical (unpaired) electrons. The molecule has 0 aliphatic carbocycles. The van der Waals surface area contributed by atoms with Crippen LogP contribution in [0.1, 0.15) is 20.3 Å². The number of likely N-dealkylation sites (tertiary alicyclic amines) is 1. The van der Waals surface area contributed by atoms with Crippen LogP contribution in [0.5, 0.6) is 0 Å². The van der Waals surface area contributed by atoms with E-state index in [0.717, 1.165) is 6.42 Å². The Balaban J connectivity index is 1.87. The van der Waals surface area contributed by atoms with Crippen molar-refractivity contribution in [3.8, 4) is 0 Å². The first-order valence-corrected chi connectivity index (χ1v) is 7.64. The third kappa shape index (κ3) is 3.98. The highest BCUT2D eigenvalue weighted by atomic mass is 16.2. The quantitative estimate of drug-likeness (QED) is 0.785. The number of carbonyl (C=O) groups is 2. The summed E-state index contributed by atoms with van der Waals surface area (Å²) in [7, 11) is 0. The Kier molecular flexibility index (Phi) is 5.38. The third-order valence-electron chi connectivity index (χ3n) is 4.03. The van der Waals surface area contributed by atoms with Gasteiger partial charge < -0.3 is 21.3 Å². The van der Waals surface area contributed by atoms with Crippen LogP contribution in [0.2, 0.25) is 0 Å². The fourth-order valence-corrected chi connectivity index (χ4v) is 2.82. The monoisotopic (exact) mass is 304 g/mol. The molecule has 3 atom stereocenters. The highest BCUT2D eigenvalue weighted by molar-refractivity contribution is 5.93. The van der Waals surface area contributed by atoms with Crippen LogP contribution in [0, 0.1) is 5.92 Å². The van der Waals surface area contributed by atoms with E-state index in [1.807, 2.05) is 30.0 Å². The van der Waals surface area contributed by atoms with E-state index in [-0.39, 0.29) is 18.0 Å². The predicted octanol–water partition coefficient (Wildman–Crippen LogP) is 1.39. The van der Waals surface area contributed by atoms with E-state index in [4.69, 9.17) is 5.73 Å². The van der Waals surface area contributed by atoms with Crippen LogP contribution in [0.15, 0.2) is 30.3 Å². The fraction of sp³-hybridized carbons (Fsp3) is 0.500. The Morgan fingerprint density at radius 2 is 2.05 bits per heavy atom. The van der Waals surface area contributed by atoms with Gasteiger partial charge in [0.2, 0.25) is 5.91 Å². The number of nitrogens with one attached hydrogen (secondary N) is 2. The van der Waals surface area contributed by atoms with Crippen molar-refractivity contribution in [2.75, 3.05) is 18.4 Å². The van der Waals surface area contributed by atoms with Crippen molar-refractivity contribution in [3.63, 3.8) is 0 Å². The number of carbonyl (C=O) groups excluding carboxylic acids is 2. The van der Waals surface area contributed by atoms with Gasteiger partial charge in [0.05, 0.1) is 0 Å². The minimum atomic E-state index is -0.567. The molecule has 0 spiro atoms. The van der Waals surface area contributed by atoms with Crippen molar-refractivity contribution in [2.24, 2.45) is 11.7 Å². The molecule has 0 aromatic heterocycles. The van der Waals surface area contributed by atoms with Gasteiger partial charge in [-0.3, -0.25) is 4.79 Å². The van der Waals surface area contributed by atoms with Gasteiger partial charge in [-0.25, -0.2) is 4.79 Å². The maximum Gasteiger partial charge on any atom is 0.319 e. The zero-order chi connectivity index (χ0) is 16.1. The number of para-hydroxylation sites is 1. The molecule has 3 unspecified atom stereocenters. The Hall–Kier alpha value is -2.08. The largest absolute Gasteiger partial charge is 0.338 e. The predicted molar refractivity (Wildman–Crippen MR) is 86.4 cm³/mol. The summed E-state index contributed by atoms with van der Waals surface area (Å²) in [6.45, 7) is 4.98. The van der Waals surface area contributed by atoms with E-state index in [0.29, 0.717) is 24.7 Å². The van der Waals surface area contributed by atoms with Gasteiger partial charge in [0.25, 0.3) is 0 Å². The number of amides is 3. The molecule has 1 aliphatic heterocycles. The van der Waals surface area contributed by atoms with Gasteiger partial charge in [0.15, 0.2) is 0 Å². The molecule has 6 nitrogen and oxygen atoms in total. The van der Waals surface area contributed by atoms with Gasteiger partial charge in [0.1, 0.15) is 6.04 Å². The van der Waals surface area contributed by atoms with Crippen LogP contribution in [0.3, 0.4) is 0 Å². The Labute approximate surface area is 131 Å². The lowest BCUT2D eigenvalue weighted by molar-refractivity contribution is -0.133. The SMILES string of the molecule is CC(NC(=O)Nc1ccccc1)C(=O)N1CC(CN)CC1C. The Morgan fingerprint density at radius 3 is 2.64 bits per heavy atom. The summed E-state index contributed by atoms with van der Waals surface area (Å²) in [5.41, 5.74) is 6.38. The van der Waals surface area contributed by atoms with E-state index in [9.17, 15) is 9.59 Å². The summed E-state index contributed by atoms with van der Waals surface area (Å²) < 4.78 is 0. The molecule has 1 aromatic carbocycles. The second-order valence-electron chi connectivity index (χ2n) is 5.86. The second-order valence-corrected chi connectivity index (χ2v) is 5.86. The molecule has 2 rings (SSSR count). The Morgan fingerprint density at radius 1 is 1.36 bits per heavy atom. The summed E-state index contributed by atoms with van der Waals surface area (Å²) in [6, 6.07) is 8.35. The van der Waals surface area contributed by atoms with Crippen LogP contribution in [0.4, 0.5) is 10.5 Å². The number of rotatable bonds is 4. The first-order chi connectivity index (χ1) is 10.5. The Bertz CT molecular complexity index is 520. The molecule has 0 saturated carbocycles. The number of anilines is 1. The molecular weight excluding hydrogens is 280 g/mol. The van der Waals surface area contributed by atoms with Crippen molar-refractivity contribution in [2.45, 2.75) is 32.4 Å². The fourth-order valence-electron chi connectivity index (χ4n) is 2.82. The van der Waals surface area contributed by atoms with Gasteiger partial charge in [-0.2, -0.15) is 0 Å². The standard InChI is InChI=1S/C16H24N4O2/c1-11-8-13(9-17)10-20(11)15(21)12(2)18-16(22)19-14-6-4-3-5-7-14/h3-7,11-13H,8-10,17H2,1-2H3,(H2,18,19,22). The van der Waals surface area contributed by atoms with Crippen LogP contribution < -0.4 is 16.4 Å². The summed E-state index contributed by atoms with van der Waals surface area (Å²) in [5.74, 6) is 0.288. The smallest absolute Gasteiger partial charge is 0.319 e. The molecule has 22 heavy (non-hydrogen) atoms. The summed E-state index contributed by atoms with van der Waals surface area (Å²) in [5, 5.41) is 5.39. The number of hydrogen-bond acceptors (Lipinski definition) is 3. The number of nitrogens with two attached hydrogens (primary N) is 1. The van der Waals surface area contributed by atoms with Crippen molar-refractivity contribution in [1.82, 2.24) is 10.2 Å². The van der Waals surface area contributed by atoms with E-state index in [1.165, 1.54) is 0 Å². The molecule has 4 N–H and O–H groups in total. The minimum Gasteiger partial charge on any atom is -0.338 e. The number of benzene rings is 1. The van der Waals surface area contributed by atoms with Gasteiger partial charge in [0, 0.05) is 18.3 Å². The molecule has 0 bridgehead atoms. The topological polar surface area (TPSA) is 87.5 Å². The third-order valence-corrected chi connectivity index (χ3v) is 4.03. The molecule has 1 aliphatic rings. The lowest BCUT2D eigenvalue weighted by Crippen LogP contribution is -2.49. The lowest BCUT2D eigenvalue weighted by atomic mass is 10.1. The molecule has 3 amide bonds. The molecule has 120 valence electrons. The van der Waals surface area contributed by atoms with Crippen molar-refractivity contribution >= 4 is 17.6 Å². The average molecular weight is 304 g/mol. The summed E-state index contributed by atoms with van der Waals surface area (Å²) in [6.07, 6.45) is 0.922. The number of urea groups is 1. The van der Waals surface area contributed by atoms with Crippen molar-refractivity contribution < 1.29 is 9.59 Å². The normalized spacial score (nSPS) is 22.2. The molecule has 6 heteroatoms. The number of hydrogen-bond donors (Lipinski definition) is 3. The lowest BCUT2D eigenvalue weighted by Gasteiger charge is -2.25. The van der Waals surface area contributed by atoms with Gasteiger partial charge in [-0.1, -0.05) is 18.2 Å². The maximum atomic E-state index is 12.4. The second kappa shape index (κ2) is 7.26. The summed E-state index contributed by atoms with van der Waals surface area (Å²) >= 11 is 0. The van der Waals surface area contributed by atoms with Gasteiger partial charge in [-0.05, 0) is 44.9 Å². The van der Waals surface area contributed by atoms with E-state index < -0.39 is 6.04 Å². The molecular formula is C16H24N4O2. The molecule has 1 aromatic rings. The van der Waals surface area contributed by atoms with E-state index in [1.54, 1.807) is 19.1 Å². The highest BCUT2D eigenvalue weighted by Crippen LogP contribution is 2.22. The van der Waals surface area contributed by atoms with Crippen LogP contribution in [0.25, 0.3) is 0 Å². The highest BCUT2D eigenvalue weighted by Gasteiger charge is 2.34. The van der Waals surface area contributed by atoms with Crippen molar-refractivity contribution in [3.05, 3.63) is 30.3 Å². The van der Waals surface area contributed by atoms with E-state index in [2.05, 4.69) is 10.6 Å².